The lowest BCUT2D eigenvalue weighted by atomic mass is 10.3. The number of hydrogen-bond acceptors (Lipinski definition) is 2. The van der Waals surface area contributed by atoms with E-state index >= 15 is 0 Å². The summed E-state index contributed by atoms with van der Waals surface area (Å²) >= 11 is 3.03. The highest BCUT2D eigenvalue weighted by molar-refractivity contribution is 9.10. The summed E-state index contributed by atoms with van der Waals surface area (Å²) < 4.78 is 40.1. The zero-order chi connectivity index (χ0) is 12.9. The topological polar surface area (TPSA) is 21.3 Å². The minimum Gasteiger partial charge on any atom is -0.405 e. The van der Waals surface area contributed by atoms with E-state index in [1.807, 2.05) is 19.1 Å². The van der Waals surface area contributed by atoms with Crippen molar-refractivity contribution in [3.63, 3.8) is 0 Å². The first-order chi connectivity index (χ1) is 7.92. The number of halogens is 4. The van der Waals surface area contributed by atoms with Crippen LogP contribution in [0.4, 0.5) is 18.9 Å². The molecule has 94 valence electrons. The van der Waals surface area contributed by atoms with Gasteiger partial charge in [0.25, 0.3) is 0 Å². The van der Waals surface area contributed by atoms with Crippen LogP contribution in [-0.2, 0) is 0 Å². The fraction of sp³-hybridized carbons (Fsp3) is 0.273. The summed E-state index contributed by atoms with van der Waals surface area (Å²) in [6.45, 7) is 2.50. The molecule has 0 aliphatic carbocycles. The van der Waals surface area contributed by atoms with Gasteiger partial charge in [-0.1, -0.05) is 12.2 Å². The molecule has 1 aromatic rings. The third kappa shape index (κ3) is 5.12. The lowest BCUT2D eigenvalue weighted by Crippen LogP contribution is -2.17. The first-order valence-electron chi connectivity index (χ1n) is 4.82. The van der Waals surface area contributed by atoms with Crippen molar-refractivity contribution in [2.75, 3.05) is 11.9 Å². The third-order valence-corrected chi connectivity index (χ3v) is 2.44. The highest BCUT2D eigenvalue weighted by Gasteiger charge is 2.31. The number of anilines is 1. The van der Waals surface area contributed by atoms with E-state index in [-0.39, 0.29) is 10.2 Å². The van der Waals surface area contributed by atoms with E-state index in [1.54, 1.807) is 0 Å². The SMILES string of the molecule is C/C=C/CNc1ccc(OC(F)(F)F)c(Br)c1. The molecule has 0 amide bonds. The third-order valence-electron chi connectivity index (χ3n) is 1.82. The van der Waals surface area contributed by atoms with Crippen molar-refractivity contribution in [2.24, 2.45) is 0 Å². The van der Waals surface area contributed by atoms with Gasteiger partial charge in [0, 0.05) is 12.2 Å². The quantitative estimate of drug-likeness (QED) is 0.836. The minimum absolute atomic E-state index is 0.250. The van der Waals surface area contributed by atoms with E-state index in [9.17, 15) is 13.2 Å². The Morgan fingerprint density at radius 2 is 2.12 bits per heavy atom. The molecule has 6 heteroatoms. The second-order valence-electron chi connectivity index (χ2n) is 3.14. The van der Waals surface area contributed by atoms with Crippen molar-refractivity contribution in [1.82, 2.24) is 0 Å². The molecule has 0 bridgehead atoms. The smallest absolute Gasteiger partial charge is 0.405 e. The van der Waals surface area contributed by atoms with Crippen molar-refractivity contribution in [3.05, 3.63) is 34.8 Å². The molecule has 0 unspecified atom stereocenters. The van der Waals surface area contributed by atoms with Crippen LogP contribution in [0.2, 0.25) is 0 Å². The number of nitrogens with one attached hydrogen (secondary N) is 1. The van der Waals surface area contributed by atoms with Crippen LogP contribution in [0, 0.1) is 0 Å². The van der Waals surface area contributed by atoms with E-state index in [0.717, 1.165) is 0 Å². The molecule has 0 fully saturated rings. The maximum Gasteiger partial charge on any atom is 0.573 e. The molecule has 0 radical (unpaired) electrons. The van der Waals surface area contributed by atoms with Gasteiger partial charge in [-0.15, -0.1) is 13.2 Å². The van der Waals surface area contributed by atoms with Crippen LogP contribution in [0.5, 0.6) is 5.75 Å². The monoisotopic (exact) mass is 309 g/mol. The largest absolute Gasteiger partial charge is 0.573 e. The standard InChI is InChI=1S/C11H11BrF3NO/c1-2-3-6-16-8-4-5-10(9(12)7-8)17-11(13,14)15/h2-5,7,16H,6H2,1H3/b3-2+. The molecule has 0 saturated carbocycles. The Kier molecular flexibility index (Phi) is 4.86. The van der Waals surface area contributed by atoms with Gasteiger partial charge in [0.05, 0.1) is 4.47 Å². The van der Waals surface area contributed by atoms with E-state index in [1.165, 1.54) is 18.2 Å². The van der Waals surface area contributed by atoms with Crippen LogP contribution < -0.4 is 10.1 Å². The summed E-state index contributed by atoms with van der Waals surface area (Å²) in [5.41, 5.74) is 0.712. The van der Waals surface area contributed by atoms with Crippen LogP contribution >= 0.6 is 15.9 Å². The molecule has 0 atom stereocenters. The van der Waals surface area contributed by atoms with Gasteiger partial charge >= 0.3 is 6.36 Å². The average molecular weight is 310 g/mol. The summed E-state index contributed by atoms with van der Waals surface area (Å²) in [5.74, 6) is -0.255. The Bertz CT molecular complexity index is 404. The number of ether oxygens (including phenoxy) is 1. The number of hydrogen-bond donors (Lipinski definition) is 1. The van der Waals surface area contributed by atoms with Crippen molar-refractivity contribution in [3.8, 4) is 5.75 Å². The highest BCUT2D eigenvalue weighted by Crippen LogP contribution is 2.32. The number of alkyl halides is 3. The van der Waals surface area contributed by atoms with Gasteiger partial charge in [0.1, 0.15) is 5.75 Å². The molecule has 0 aliphatic rings. The van der Waals surface area contributed by atoms with Crippen molar-refractivity contribution < 1.29 is 17.9 Å². The fourth-order valence-corrected chi connectivity index (χ4v) is 1.57. The van der Waals surface area contributed by atoms with Crippen LogP contribution in [0.3, 0.4) is 0 Å². The van der Waals surface area contributed by atoms with Crippen molar-refractivity contribution in [1.29, 1.82) is 0 Å². The van der Waals surface area contributed by atoms with E-state index in [0.29, 0.717) is 12.2 Å². The predicted molar refractivity (Wildman–Crippen MR) is 64.1 cm³/mol. The number of benzene rings is 1. The molecule has 2 nitrogen and oxygen atoms in total. The molecule has 0 spiro atoms. The van der Waals surface area contributed by atoms with Crippen LogP contribution in [-0.4, -0.2) is 12.9 Å². The Labute approximate surface area is 106 Å². The Morgan fingerprint density at radius 1 is 1.41 bits per heavy atom. The normalized spacial score (nSPS) is 11.8. The van der Waals surface area contributed by atoms with Gasteiger partial charge in [-0.3, -0.25) is 0 Å². The predicted octanol–water partition coefficient (Wildman–Crippen LogP) is 4.34. The lowest BCUT2D eigenvalue weighted by molar-refractivity contribution is -0.274. The molecule has 0 aromatic heterocycles. The molecule has 1 aromatic carbocycles. The van der Waals surface area contributed by atoms with Gasteiger partial charge in [-0.05, 0) is 41.1 Å². The molecule has 1 rings (SSSR count). The summed E-state index contributed by atoms with van der Waals surface area (Å²) in [6.07, 6.45) is -0.903. The Balaban J connectivity index is 2.72. The van der Waals surface area contributed by atoms with E-state index < -0.39 is 6.36 Å². The maximum atomic E-state index is 12.0. The van der Waals surface area contributed by atoms with E-state index in [2.05, 4.69) is 26.0 Å². The lowest BCUT2D eigenvalue weighted by Gasteiger charge is -2.11. The van der Waals surface area contributed by atoms with Crippen LogP contribution in [0.1, 0.15) is 6.92 Å². The molecule has 0 heterocycles. The minimum atomic E-state index is -4.68. The van der Waals surface area contributed by atoms with Gasteiger partial charge < -0.3 is 10.1 Å². The molecule has 17 heavy (non-hydrogen) atoms. The first kappa shape index (κ1) is 13.9. The summed E-state index contributed by atoms with van der Waals surface area (Å²) in [6, 6.07) is 4.31. The second kappa shape index (κ2) is 5.95. The molecular formula is C11H11BrF3NO. The van der Waals surface area contributed by atoms with Crippen LogP contribution in [0.25, 0.3) is 0 Å². The first-order valence-corrected chi connectivity index (χ1v) is 5.62. The van der Waals surface area contributed by atoms with Gasteiger partial charge in [0.2, 0.25) is 0 Å². The number of rotatable bonds is 4. The van der Waals surface area contributed by atoms with Crippen LogP contribution in [0.15, 0.2) is 34.8 Å². The van der Waals surface area contributed by atoms with Gasteiger partial charge in [-0.25, -0.2) is 0 Å². The molecule has 0 saturated heterocycles. The molecular weight excluding hydrogens is 299 g/mol. The maximum absolute atomic E-state index is 12.0. The Hall–Kier alpha value is -1.17. The molecule has 0 aliphatic heterocycles. The Morgan fingerprint density at radius 3 is 2.65 bits per heavy atom. The molecule has 1 N–H and O–H groups in total. The summed E-state index contributed by atoms with van der Waals surface area (Å²) in [4.78, 5) is 0. The highest BCUT2D eigenvalue weighted by atomic mass is 79.9. The van der Waals surface area contributed by atoms with Gasteiger partial charge in [-0.2, -0.15) is 0 Å². The second-order valence-corrected chi connectivity index (χ2v) is 4.00. The van der Waals surface area contributed by atoms with Crippen molar-refractivity contribution in [2.45, 2.75) is 13.3 Å². The fourth-order valence-electron chi connectivity index (χ4n) is 1.11. The van der Waals surface area contributed by atoms with Gasteiger partial charge in [0.15, 0.2) is 0 Å². The van der Waals surface area contributed by atoms with Crippen molar-refractivity contribution >= 4 is 21.6 Å². The average Bonchev–Trinajstić information content (AvgIpc) is 2.21. The number of allylic oxidation sites excluding steroid dienone is 1. The zero-order valence-electron chi connectivity index (χ0n) is 9.01. The summed E-state index contributed by atoms with van der Waals surface area (Å²) in [7, 11) is 0. The zero-order valence-corrected chi connectivity index (χ0v) is 10.6. The summed E-state index contributed by atoms with van der Waals surface area (Å²) in [5, 5.41) is 3.02. The van der Waals surface area contributed by atoms with E-state index in [4.69, 9.17) is 0 Å².